The van der Waals surface area contributed by atoms with Gasteiger partial charge in [0.15, 0.2) is 0 Å². The van der Waals surface area contributed by atoms with E-state index in [1.54, 1.807) is 0 Å². The Balaban J connectivity index is 3.75. The quantitative estimate of drug-likeness (QED) is 0.463. The summed E-state index contributed by atoms with van der Waals surface area (Å²) < 4.78 is 4.90. The molecular formula is C11H23NO3. The zero-order valence-corrected chi connectivity index (χ0v) is 9.87. The van der Waals surface area contributed by atoms with Crippen molar-refractivity contribution in [1.82, 2.24) is 4.90 Å². The molecule has 0 rings (SSSR count). The molecule has 0 heterocycles. The molecule has 0 aromatic rings. The van der Waals surface area contributed by atoms with Crippen molar-refractivity contribution in [3.05, 3.63) is 0 Å². The predicted molar refractivity (Wildman–Crippen MR) is 59.7 cm³/mol. The molecule has 0 aliphatic rings. The van der Waals surface area contributed by atoms with Crippen molar-refractivity contribution in [2.45, 2.75) is 33.1 Å². The molecule has 0 aromatic heterocycles. The highest BCUT2D eigenvalue weighted by Gasteiger charge is 2.09. The lowest BCUT2D eigenvalue weighted by molar-refractivity contribution is -0.144. The SMILES string of the molecule is CCCN(CCCCO)CC(=O)OCC. The van der Waals surface area contributed by atoms with Gasteiger partial charge in [0.25, 0.3) is 0 Å². The minimum absolute atomic E-state index is 0.157. The number of ether oxygens (including phenoxy) is 1. The van der Waals surface area contributed by atoms with E-state index in [0.717, 1.165) is 32.4 Å². The molecule has 0 bridgehead atoms. The number of rotatable bonds is 9. The van der Waals surface area contributed by atoms with Gasteiger partial charge in [-0.05, 0) is 39.3 Å². The molecule has 0 radical (unpaired) electrons. The maximum Gasteiger partial charge on any atom is 0.320 e. The highest BCUT2D eigenvalue weighted by Crippen LogP contribution is 1.97. The Morgan fingerprint density at radius 2 is 2.00 bits per heavy atom. The fourth-order valence-corrected chi connectivity index (χ4v) is 1.42. The van der Waals surface area contributed by atoms with Crippen molar-refractivity contribution >= 4 is 5.97 Å². The van der Waals surface area contributed by atoms with Gasteiger partial charge in [0.1, 0.15) is 0 Å². The van der Waals surface area contributed by atoms with Gasteiger partial charge < -0.3 is 9.84 Å². The number of carbonyl (C=O) groups is 1. The average Bonchev–Trinajstić information content (AvgIpc) is 2.18. The van der Waals surface area contributed by atoms with Crippen LogP contribution in [0.15, 0.2) is 0 Å². The van der Waals surface area contributed by atoms with Crippen LogP contribution < -0.4 is 0 Å². The second-order valence-corrected chi connectivity index (χ2v) is 3.51. The van der Waals surface area contributed by atoms with Crippen LogP contribution in [0.1, 0.15) is 33.1 Å². The van der Waals surface area contributed by atoms with Gasteiger partial charge >= 0.3 is 5.97 Å². The molecule has 0 amide bonds. The van der Waals surface area contributed by atoms with Crippen molar-refractivity contribution in [2.75, 3.05) is 32.8 Å². The van der Waals surface area contributed by atoms with Gasteiger partial charge in [0, 0.05) is 6.61 Å². The van der Waals surface area contributed by atoms with Crippen molar-refractivity contribution in [1.29, 1.82) is 0 Å². The summed E-state index contributed by atoms with van der Waals surface area (Å²) in [7, 11) is 0. The third-order valence-corrected chi connectivity index (χ3v) is 2.08. The van der Waals surface area contributed by atoms with Crippen molar-refractivity contribution < 1.29 is 14.6 Å². The van der Waals surface area contributed by atoms with Gasteiger partial charge in [0.2, 0.25) is 0 Å². The first-order valence-electron chi connectivity index (χ1n) is 5.73. The van der Waals surface area contributed by atoms with Crippen LogP contribution in [-0.4, -0.2) is 48.8 Å². The molecule has 0 aliphatic carbocycles. The number of carbonyl (C=O) groups excluding carboxylic acids is 1. The summed E-state index contributed by atoms with van der Waals surface area (Å²) in [5, 5.41) is 8.67. The van der Waals surface area contributed by atoms with Gasteiger partial charge in [-0.25, -0.2) is 0 Å². The van der Waals surface area contributed by atoms with Gasteiger partial charge in [-0.15, -0.1) is 0 Å². The van der Waals surface area contributed by atoms with E-state index in [9.17, 15) is 4.79 Å². The molecule has 1 N–H and O–H groups in total. The van der Waals surface area contributed by atoms with Crippen LogP contribution in [0.3, 0.4) is 0 Å². The second kappa shape index (κ2) is 9.93. The van der Waals surface area contributed by atoms with Crippen molar-refractivity contribution in [3.8, 4) is 0 Å². The molecule has 0 saturated carbocycles. The monoisotopic (exact) mass is 217 g/mol. The van der Waals surface area contributed by atoms with Gasteiger partial charge in [-0.2, -0.15) is 0 Å². The Hall–Kier alpha value is -0.610. The van der Waals surface area contributed by atoms with E-state index >= 15 is 0 Å². The highest BCUT2D eigenvalue weighted by molar-refractivity contribution is 5.71. The average molecular weight is 217 g/mol. The molecule has 0 spiro atoms. The van der Waals surface area contributed by atoms with Crippen LogP contribution >= 0.6 is 0 Å². The number of aliphatic hydroxyl groups excluding tert-OH is 1. The standard InChI is InChI=1S/C11H23NO3/c1-3-7-12(8-5-6-9-13)10-11(14)15-4-2/h13H,3-10H2,1-2H3. The Bertz CT molecular complexity index is 162. The lowest BCUT2D eigenvalue weighted by Crippen LogP contribution is -2.32. The predicted octanol–water partition coefficient (Wildman–Crippen LogP) is 1.03. The molecule has 0 unspecified atom stereocenters. The first-order valence-corrected chi connectivity index (χ1v) is 5.73. The summed E-state index contributed by atoms with van der Waals surface area (Å²) >= 11 is 0. The number of hydrogen-bond acceptors (Lipinski definition) is 4. The molecule has 0 aliphatic heterocycles. The van der Waals surface area contributed by atoms with Crippen LogP contribution in [0.5, 0.6) is 0 Å². The highest BCUT2D eigenvalue weighted by atomic mass is 16.5. The molecule has 90 valence electrons. The van der Waals surface area contributed by atoms with Gasteiger partial charge in [-0.1, -0.05) is 6.92 Å². The fraction of sp³-hybridized carbons (Fsp3) is 0.909. The third-order valence-electron chi connectivity index (χ3n) is 2.08. The molecule has 4 nitrogen and oxygen atoms in total. The van der Waals surface area contributed by atoms with Crippen molar-refractivity contribution in [2.24, 2.45) is 0 Å². The molecule has 0 atom stereocenters. The molecule has 0 aromatic carbocycles. The van der Waals surface area contributed by atoms with Crippen LogP contribution in [0.25, 0.3) is 0 Å². The number of unbranched alkanes of at least 4 members (excludes halogenated alkanes) is 1. The normalized spacial score (nSPS) is 10.7. The van der Waals surface area contributed by atoms with E-state index in [-0.39, 0.29) is 12.6 Å². The smallest absolute Gasteiger partial charge is 0.320 e. The zero-order chi connectivity index (χ0) is 11.5. The number of aliphatic hydroxyl groups is 1. The minimum Gasteiger partial charge on any atom is -0.465 e. The molecule has 0 fully saturated rings. The molecule has 0 saturated heterocycles. The molecular weight excluding hydrogens is 194 g/mol. The number of esters is 1. The zero-order valence-electron chi connectivity index (χ0n) is 9.87. The van der Waals surface area contributed by atoms with Crippen LogP contribution in [0, 0.1) is 0 Å². The van der Waals surface area contributed by atoms with Crippen LogP contribution in [0.2, 0.25) is 0 Å². The largest absolute Gasteiger partial charge is 0.465 e. The lowest BCUT2D eigenvalue weighted by Gasteiger charge is -2.20. The lowest BCUT2D eigenvalue weighted by atomic mass is 10.3. The topological polar surface area (TPSA) is 49.8 Å². The number of hydrogen-bond donors (Lipinski definition) is 1. The minimum atomic E-state index is -0.157. The summed E-state index contributed by atoms with van der Waals surface area (Å²) in [6.45, 7) is 6.69. The Labute approximate surface area is 92.2 Å². The van der Waals surface area contributed by atoms with Gasteiger partial charge in [-0.3, -0.25) is 9.69 Å². The number of nitrogens with zero attached hydrogens (tertiary/aromatic N) is 1. The Morgan fingerprint density at radius 1 is 1.27 bits per heavy atom. The Kier molecular flexibility index (Phi) is 9.52. The first-order chi connectivity index (χ1) is 7.24. The van der Waals surface area contributed by atoms with E-state index in [2.05, 4.69) is 11.8 Å². The van der Waals surface area contributed by atoms with Crippen LogP contribution in [-0.2, 0) is 9.53 Å². The molecule has 15 heavy (non-hydrogen) atoms. The first kappa shape index (κ1) is 14.4. The summed E-state index contributed by atoms with van der Waals surface area (Å²) in [4.78, 5) is 13.3. The third kappa shape index (κ3) is 8.39. The van der Waals surface area contributed by atoms with E-state index in [1.165, 1.54) is 0 Å². The summed E-state index contributed by atoms with van der Waals surface area (Å²) in [5.41, 5.74) is 0. The Morgan fingerprint density at radius 3 is 2.53 bits per heavy atom. The fourth-order valence-electron chi connectivity index (χ4n) is 1.42. The maximum absolute atomic E-state index is 11.2. The van der Waals surface area contributed by atoms with Crippen molar-refractivity contribution in [3.63, 3.8) is 0 Å². The summed E-state index contributed by atoms with van der Waals surface area (Å²) in [6.07, 6.45) is 2.75. The van der Waals surface area contributed by atoms with E-state index in [0.29, 0.717) is 13.2 Å². The second-order valence-electron chi connectivity index (χ2n) is 3.51. The van der Waals surface area contributed by atoms with E-state index < -0.39 is 0 Å². The summed E-state index contributed by atoms with van der Waals surface area (Å²) in [5.74, 6) is -0.157. The maximum atomic E-state index is 11.2. The van der Waals surface area contributed by atoms with E-state index in [4.69, 9.17) is 9.84 Å². The van der Waals surface area contributed by atoms with E-state index in [1.807, 2.05) is 6.92 Å². The summed E-state index contributed by atoms with van der Waals surface area (Å²) in [6, 6.07) is 0. The van der Waals surface area contributed by atoms with Gasteiger partial charge in [0.05, 0.1) is 13.2 Å². The van der Waals surface area contributed by atoms with Crippen LogP contribution in [0.4, 0.5) is 0 Å². The molecule has 4 heteroatoms.